The molecule has 0 atom stereocenters. The molecule has 0 fully saturated rings. The second-order valence-corrected chi connectivity index (χ2v) is 11.9. The van der Waals surface area contributed by atoms with Gasteiger partial charge in [-0.2, -0.15) is 0 Å². The molecular weight excluding hydrogens is 565 g/mol. The number of hydrogen-bond donors (Lipinski definition) is 0. The highest BCUT2D eigenvalue weighted by Crippen LogP contribution is 2.39. The van der Waals surface area contributed by atoms with Gasteiger partial charge in [-0.1, -0.05) is 84.9 Å². The first-order chi connectivity index (χ1) is 22.8. The van der Waals surface area contributed by atoms with Crippen LogP contribution in [0.15, 0.2) is 158 Å². The molecule has 0 saturated carbocycles. The molecule has 0 unspecified atom stereocenters. The zero-order chi connectivity index (χ0) is 30.4. The van der Waals surface area contributed by atoms with Gasteiger partial charge in [0.1, 0.15) is 5.82 Å². The van der Waals surface area contributed by atoms with E-state index in [9.17, 15) is 0 Å². The molecule has 0 bridgehead atoms. The lowest BCUT2D eigenvalue weighted by atomic mass is 10.1. The van der Waals surface area contributed by atoms with Crippen LogP contribution in [-0.4, -0.2) is 13.7 Å². The molecule has 10 aromatic rings. The van der Waals surface area contributed by atoms with Gasteiger partial charge in [0.25, 0.3) is 0 Å². The average Bonchev–Trinajstić information content (AvgIpc) is 3.75. The fourth-order valence-corrected chi connectivity index (χ4v) is 7.58. The summed E-state index contributed by atoms with van der Waals surface area (Å²) in [5.74, 6) is -0.228. The Hall–Kier alpha value is -6.13. The molecule has 0 spiro atoms. The number of rotatable bonds is 3. The van der Waals surface area contributed by atoms with E-state index in [-0.39, 0.29) is 5.82 Å². The lowest BCUT2D eigenvalue weighted by Gasteiger charge is -2.10. The minimum Gasteiger partial charge on any atom is -0.309 e. The Morgan fingerprint density at radius 1 is 0.304 bits per heavy atom. The lowest BCUT2D eigenvalue weighted by Crippen LogP contribution is -1.97. The predicted molar refractivity (Wildman–Crippen MR) is 189 cm³/mol. The highest BCUT2D eigenvalue weighted by atomic mass is 19.1. The van der Waals surface area contributed by atoms with Crippen molar-refractivity contribution in [3.63, 3.8) is 0 Å². The Morgan fingerprint density at radius 3 is 1.35 bits per heavy atom. The van der Waals surface area contributed by atoms with Gasteiger partial charge in [-0.05, 0) is 72.8 Å². The van der Waals surface area contributed by atoms with Crippen LogP contribution in [0.25, 0.3) is 82.5 Å². The molecule has 3 heterocycles. The third-order valence-corrected chi connectivity index (χ3v) is 9.49. The third kappa shape index (κ3) is 3.41. The van der Waals surface area contributed by atoms with E-state index in [1.54, 1.807) is 12.1 Å². The van der Waals surface area contributed by atoms with E-state index in [0.717, 1.165) is 55.2 Å². The second-order valence-electron chi connectivity index (χ2n) is 11.9. The molecule has 216 valence electrons. The molecule has 0 aliphatic heterocycles. The number of hydrogen-bond acceptors (Lipinski definition) is 0. The number of nitrogens with zero attached hydrogens (tertiary/aromatic N) is 3. The molecule has 0 radical (unpaired) electrons. The van der Waals surface area contributed by atoms with Crippen molar-refractivity contribution in [2.24, 2.45) is 0 Å². The summed E-state index contributed by atoms with van der Waals surface area (Å²) in [4.78, 5) is 0. The van der Waals surface area contributed by atoms with E-state index < -0.39 is 0 Å². The molecule has 0 N–H and O–H groups in total. The quantitative estimate of drug-likeness (QED) is 0.194. The van der Waals surface area contributed by atoms with Crippen LogP contribution in [0.2, 0.25) is 0 Å². The smallest absolute Gasteiger partial charge is 0.147 e. The molecule has 0 saturated heterocycles. The summed E-state index contributed by atoms with van der Waals surface area (Å²) in [7, 11) is 0. The third-order valence-electron chi connectivity index (χ3n) is 9.49. The van der Waals surface area contributed by atoms with Gasteiger partial charge >= 0.3 is 0 Å². The van der Waals surface area contributed by atoms with Crippen molar-refractivity contribution < 1.29 is 4.39 Å². The normalized spacial score (nSPS) is 12.0. The molecule has 10 rings (SSSR count). The van der Waals surface area contributed by atoms with Crippen molar-refractivity contribution in [3.8, 4) is 17.1 Å². The standard InChI is InChI=1S/C42H26FN3/c43-36-17-10-16-33-32-15-6-9-20-39(32)46(42(33)36)29-22-24-41-35(26-29)34-25-28(21-23-40(34)44(41)27-11-2-1-3-12-27)45-37-18-7-4-13-30(37)31-14-5-8-19-38(31)45/h1-26H. The number of para-hydroxylation sites is 5. The molecule has 46 heavy (non-hydrogen) atoms. The largest absolute Gasteiger partial charge is 0.309 e. The van der Waals surface area contributed by atoms with Gasteiger partial charge in [0.15, 0.2) is 0 Å². The SMILES string of the molecule is Fc1cccc2c3ccccc3n(-c3ccc4c(c3)c3cc(-n5c6ccccc6c6ccccc65)ccc3n4-c3ccccc3)c12. The molecule has 3 aromatic heterocycles. The van der Waals surface area contributed by atoms with Crippen LogP contribution in [0.1, 0.15) is 0 Å². The van der Waals surface area contributed by atoms with Gasteiger partial charge in [0, 0.05) is 49.4 Å². The van der Waals surface area contributed by atoms with Crippen molar-refractivity contribution in [1.82, 2.24) is 13.7 Å². The van der Waals surface area contributed by atoms with Crippen molar-refractivity contribution in [3.05, 3.63) is 164 Å². The Kier molecular flexibility index (Phi) is 5.17. The maximum atomic E-state index is 15.6. The van der Waals surface area contributed by atoms with Crippen molar-refractivity contribution in [2.45, 2.75) is 0 Å². The van der Waals surface area contributed by atoms with Gasteiger partial charge in [0.2, 0.25) is 0 Å². The summed E-state index contributed by atoms with van der Waals surface area (Å²) in [5, 5.41) is 6.68. The van der Waals surface area contributed by atoms with E-state index in [2.05, 4.69) is 135 Å². The average molecular weight is 592 g/mol. The van der Waals surface area contributed by atoms with Crippen LogP contribution in [0.3, 0.4) is 0 Å². The Balaban J connectivity index is 1.31. The Bertz CT molecular complexity index is 2760. The van der Waals surface area contributed by atoms with Gasteiger partial charge in [0.05, 0.1) is 33.1 Å². The lowest BCUT2D eigenvalue weighted by molar-refractivity contribution is 0.635. The number of benzene rings is 7. The highest BCUT2D eigenvalue weighted by molar-refractivity contribution is 6.14. The van der Waals surface area contributed by atoms with E-state index >= 15 is 4.39 Å². The molecular formula is C42H26FN3. The van der Waals surface area contributed by atoms with E-state index in [0.29, 0.717) is 5.52 Å². The monoisotopic (exact) mass is 591 g/mol. The minimum absolute atomic E-state index is 0.228. The van der Waals surface area contributed by atoms with Crippen LogP contribution >= 0.6 is 0 Å². The van der Waals surface area contributed by atoms with Crippen molar-refractivity contribution >= 4 is 65.4 Å². The first-order valence-electron chi connectivity index (χ1n) is 15.6. The van der Waals surface area contributed by atoms with Crippen LogP contribution in [0.4, 0.5) is 4.39 Å². The summed E-state index contributed by atoms with van der Waals surface area (Å²) < 4.78 is 22.4. The van der Waals surface area contributed by atoms with Crippen LogP contribution in [0, 0.1) is 5.82 Å². The molecule has 0 amide bonds. The first-order valence-corrected chi connectivity index (χ1v) is 15.6. The van der Waals surface area contributed by atoms with Gasteiger partial charge in [-0.25, -0.2) is 4.39 Å². The fourth-order valence-electron chi connectivity index (χ4n) is 7.58. The Labute approximate surface area is 263 Å². The topological polar surface area (TPSA) is 14.8 Å². The van der Waals surface area contributed by atoms with E-state index in [1.165, 1.54) is 21.8 Å². The molecule has 0 aliphatic rings. The molecule has 3 nitrogen and oxygen atoms in total. The van der Waals surface area contributed by atoms with Gasteiger partial charge < -0.3 is 13.7 Å². The van der Waals surface area contributed by atoms with E-state index in [1.807, 2.05) is 24.3 Å². The summed E-state index contributed by atoms with van der Waals surface area (Å²) in [6.45, 7) is 0. The predicted octanol–water partition coefficient (Wildman–Crippen LogP) is 11.1. The van der Waals surface area contributed by atoms with Crippen LogP contribution in [0.5, 0.6) is 0 Å². The van der Waals surface area contributed by atoms with Crippen LogP contribution < -0.4 is 0 Å². The maximum absolute atomic E-state index is 15.6. The van der Waals surface area contributed by atoms with E-state index in [4.69, 9.17) is 0 Å². The number of aromatic nitrogens is 3. The second kappa shape index (κ2) is 9.43. The van der Waals surface area contributed by atoms with Crippen molar-refractivity contribution in [2.75, 3.05) is 0 Å². The van der Waals surface area contributed by atoms with Crippen molar-refractivity contribution in [1.29, 1.82) is 0 Å². The molecule has 4 heteroatoms. The Morgan fingerprint density at radius 2 is 0.739 bits per heavy atom. The zero-order valence-electron chi connectivity index (χ0n) is 24.7. The van der Waals surface area contributed by atoms with Gasteiger partial charge in [-0.3, -0.25) is 0 Å². The maximum Gasteiger partial charge on any atom is 0.147 e. The summed E-state index contributed by atoms with van der Waals surface area (Å²) >= 11 is 0. The summed E-state index contributed by atoms with van der Waals surface area (Å²) in [6, 6.07) is 54.6. The number of fused-ring (bicyclic) bond motifs is 9. The zero-order valence-corrected chi connectivity index (χ0v) is 24.7. The number of halogens is 1. The van der Waals surface area contributed by atoms with Crippen LogP contribution in [-0.2, 0) is 0 Å². The fraction of sp³-hybridized carbons (Fsp3) is 0. The summed E-state index contributed by atoms with van der Waals surface area (Å²) in [6.07, 6.45) is 0. The summed E-state index contributed by atoms with van der Waals surface area (Å²) in [5.41, 5.74) is 9.29. The minimum atomic E-state index is -0.228. The van der Waals surface area contributed by atoms with Gasteiger partial charge in [-0.15, -0.1) is 0 Å². The molecule has 7 aromatic carbocycles. The molecule has 0 aliphatic carbocycles. The first kappa shape index (κ1) is 25.2. The highest BCUT2D eigenvalue weighted by Gasteiger charge is 2.19.